The van der Waals surface area contributed by atoms with E-state index in [-0.39, 0.29) is 34.8 Å². The van der Waals surface area contributed by atoms with E-state index in [1.54, 1.807) is 12.1 Å². The van der Waals surface area contributed by atoms with Crippen molar-refractivity contribution < 1.29 is 23.5 Å². The van der Waals surface area contributed by atoms with Gasteiger partial charge in [0.15, 0.2) is 0 Å². The molecule has 0 saturated carbocycles. The molecule has 1 saturated heterocycles. The van der Waals surface area contributed by atoms with Crippen LogP contribution in [0.3, 0.4) is 0 Å². The summed E-state index contributed by atoms with van der Waals surface area (Å²) < 4.78 is 20.4. The Morgan fingerprint density at radius 3 is 2.40 bits per heavy atom. The second-order valence-corrected chi connectivity index (χ2v) is 18.1. The van der Waals surface area contributed by atoms with Gasteiger partial charge in [0.25, 0.3) is 8.32 Å². The Balaban J connectivity index is 1.67. The molecule has 1 aromatic heterocycles. The molecule has 2 aliphatic heterocycles. The summed E-state index contributed by atoms with van der Waals surface area (Å²) in [5.74, 6) is 0.275. The van der Waals surface area contributed by atoms with Gasteiger partial charge >= 0.3 is 6.09 Å². The van der Waals surface area contributed by atoms with Crippen LogP contribution in [-0.4, -0.2) is 79.0 Å². The summed E-state index contributed by atoms with van der Waals surface area (Å²) >= 11 is 0. The zero-order valence-corrected chi connectivity index (χ0v) is 26.0. The summed E-state index contributed by atoms with van der Waals surface area (Å²) in [6.07, 6.45) is -0.425. The van der Waals surface area contributed by atoms with E-state index >= 15 is 0 Å². The fraction of sp³-hybridized carbons (Fsp3) is 0.567. The highest BCUT2D eigenvalue weighted by Gasteiger charge is 2.43. The van der Waals surface area contributed by atoms with E-state index in [1.165, 1.54) is 17.0 Å². The van der Waals surface area contributed by atoms with Crippen molar-refractivity contribution in [1.29, 1.82) is 0 Å². The molecule has 0 radical (unpaired) electrons. The van der Waals surface area contributed by atoms with Crippen LogP contribution >= 0.6 is 0 Å². The lowest BCUT2D eigenvalue weighted by Crippen LogP contribution is -2.55. The van der Waals surface area contributed by atoms with E-state index < -0.39 is 14.4 Å². The molecule has 1 aromatic carbocycles. The second-order valence-electron chi connectivity index (χ2n) is 13.4. The number of amides is 2. The maximum atomic E-state index is 13.7. The number of benzene rings is 1. The molecule has 2 amide bonds. The number of carbonyl (C=O) groups excluding carboxylic acids is 1. The van der Waals surface area contributed by atoms with Crippen LogP contribution in [0.5, 0.6) is 5.88 Å². The summed E-state index contributed by atoms with van der Waals surface area (Å²) in [6.45, 7) is 19.1. The van der Waals surface area contributed by atoms with Crippen molar-refractivity contribution >= 4 is 26.0 Å². The number of halogens is 1. The van der Waals surface area contributed by atoms with E-state index in [1.807, 2.05) is 22.8 Å². The van der Waals surface area contributed by atoms with Crippen LogP contribution in [-0.2, 0) is 16.6 Å². The number of hydrogen-bond donors (Lipinski definition) is 1. The largest absolute Gasteiger partial charge is 0.530 e. The molecule has 1 atom stereocenters. The summed E-state index contributed by atoms with van der Waals surface area (Å²) in [7, 11) is -2.23. The second kappa shape index (κ2) is 10.8. The van der Waals surface area contributed by atoms with Crippen molar-refractivity contribution in [2.75, 3.05) is 37.6 Å². The van der Waals surface area contributed by atoms with E-state index in [2.05, 4.69) is 47.7 Å². The molecule has 2 aromatic rings. The zero-order valence-electron chi connectivity index (χ0n) is 25.0. The van der Waals surface area contributed by atoms with Crippen molar-refractivity contribution in [3.63, 3.8) is 0 Å². The third kappa shape index (κ3) is 6.17. The Labute approximate surface area is 238 Å². The van der Waals surface area contributed by atoms with Crippen molar-refractivity contribution in [3.05, 3.63) is 53.0 Å². The average Bonchev–Trinajstić information content (AvgIpc) is 3.09. The van der Waals surface area contributed by atoms with Crippen LogP contribution in [0.4, 0.5) is 14.9 Å². The molecule has 1 unspecified atom stereocenters. The highest BCUT2D eigenvalue weighted by atomic mass is 28.4. The van der Waals surface area contributed by atoms with Gasteiger partial charge in [0.2, 0.25) is 11.8 Å². The number of fused-ring (bicyclic) bond motifs is 1. The molecule has 0 spiro atoms. The maximum Gasteiger partial charge on any atom is 0.407 e. The topological polar surface area (TPSA) is 86.2 Å². The van der Waals surface area contributed by atoms with Gasteiger partial charge in [-0.1, -0.05) is 46.8 Å². The molecule has 10 heteroatoms. The first kappa shape index (κ1) is 30.0. The molecule has 1 N–H and O–H groups in total. The van der Waals surface area contributed by atoms with E-state index in [0.29, 0.717) is 38.5 Å². The Hall–Kier alpha value is -2.98. The van der Waals surface area contributed by atoms with Gasteiger partial charge in [-0.25, -0.2) is 14.2 Å². The van der Waals surface area contributed by atoms with Gasteiger partial charge in [-0.2, -0.15) is 0 Å². The third-order valence-corrected chi connectivity index (χ3v) is 12.9. The lowest BCUT2D eigenvalue weighted by molar-refractivity contribution is -0.120. The predicted molar refractivity (Wildman–Crippen MR) is 157 cm³/mol. The summed E-state index contributed by atoms with van der Waals surface area (Å²) in [6, 6.07) is 8.29. The molecule has 8 nitrogen and oxygen atoms in total. The van der Waals surface area contributed by atoms with Crippen LogP contribution in [0.2, 0.25) is 18.1 Å². The zero-order chi connectivity index (χ0) is 29.6. The fourth-order valence-corrected chi connectivity index (χ4v) is 6.14. The molecule has 2 aliphatic rings. The first-order chi connectivity index (χ1) is 18.5. The van der Waals surface area contributed by atoms with Gasteiger partial charge in [-0.05, 0) is 48.8 Å². The van der Waals surface area contributed by atoms with Gasteiger partial charge in [0.05, 0.1) is 17.9 Å². The first-order valence-corrected chi connectivity index (χ1v) is 16.9. The number of pyridine rings is 1. The molecule has 0 bridgehead atoms. The Morgan fingerprint density at radius 2 is 1.82 bits per heavy atom. The Morgan fingerprint density at radius 1 is 1.18 bits per heavy atom. The van der Waals surface area contributed by atoms with Crippen molar-refractivity contribution in [1.82, 2.24) is 14.8 Å². The molecule has 3 heterocycles. The number of nitrogens with zero attached hydrogens (tertiary/aromatic N) is 4. The van der Waals surface area contributed by atoms with Crippen molar-refractivity contribution in [2.24, 2.45) is 0 Å². The van der Waals surface area contributed by atoms with Crippen LogP contribution < -0.4 is 9.33 Å². The number of aromatic nitrogens is 1. The minimum absolute atomic E-state index is 0.0276. The smallest absolute Gasteiger partial charge is 0.407 e. The first-order valence-electron chi connectivity index (χ1n) is 14.0. The van der Waals surface area contributed by atoms with Crippen LogP contribution in [0, 0.1) is 5.82 Å². The van der Waals surface area contributed by atoms with Gasteiger partial charge < -0.3 is 19.3 Å². The van der Waals surface area contributed by atoms with E-state index in [4.69, 9.17) is 9.41 Å². The lowest BCUT2D eigenvalue weighted by Gasteiger charge is -2.38. The van der Waals surface area contributed by atoms with Gasteiger partial charge in [-0.15, -0.1) is 0 Å². The molecular formula is C30H43FN4O4Si. The van der Waals surface area contributed by atoms with E-state index in [9.17, 15) is 19.1 Å². The number of rotatable bonds is 6. The molecular weight excluding hydrogens is 527 g/mol. The molecule has 4 rings (SSSR count). The predicted octanol–water partition coefficient (Wildman–Crippen LogP) is 5.50. The monoisotopic (exact) mass is 570 g/mol. The Kier molecular flexibility index (Phi) is 8.08. The summed E-state index contributed by atoms with van der Waals surface area (Å²) in [5.41, 5.74) is 3.05. The fourth-order valence-electron chi connectivity index (χ4n) is 5.18. The van der Waals surface area contributed by atoms with Crippen LogP contribution in [0.1, 0.15) is 58.4 Å². The van der Waals surface area contributed by atoms with Gasteiger partial charge in [0, 0.05) is 49.6 Å². The molecule has 0 aliphatic carbocycles. The third-order valence-electron chi connectivity index (χ3n) is 8.61. The van der Waals surface area contributed by atoms with Crippen LogP contribution in [0.25, 0.3) is 0 Å². The number of piperazine rings is 1. The Bertz CT molecular complexity index is 1280. The minimum Gasteiger partial charge on any atom is -0.530 e. The quantitative estimate of drug-likeness (QED) is 0.462. The minimum atomic E-state index is -2.23. The van der Waals surface area contributed by atoms with Gasteiger partial charge in [-0.3, -0.25) is 9.69 Å². The SMILES string of the molecule is CC1CN(CC(=O)N2CC(C)(C)c3nc(O[Si](C)(C)C(C)(C)C)c(Cc4ccc(F)cc4)cc32)CCN1C(=O)O. The number of carbonyl (C=O) groups is 2. The standard InChI is InChI=1S/C30H43FN4O4Si/c1-20-17-33(13-14-34(20)28(37)38)18-25(36)35-19-30(5,6)26-24(35)16-22(15-21-9-11-23(31)12-10-21)27(32-26)39-40(7,8)29(2,3)4/h9-12,16,20H,13-15,17-19H2,1-8H3,(H,37,38). The molecule has 218 valence electrons. The average molecular weight is 571 g/mol. The van der Waals surface area contributed by atoms with Crippen molar-refractivity contribution in [3.8, 4) is 5.88 Å². The normalized spacial score (nSPS) is 19.5. The number of anilines is 1. The number of hydrogen-bond acceptors (Lipinski definition) is 5. The molecule has 1 fully saturated rings. The lowest BCUT2D eigenvalue weighted by atomic mass is 9.91. The van der Waals surface area contributed by atoms with Crippen molar-refractivity contribution in [2.45, 2.75) is 77.6 Å². The molecule has 40 heavy (non-hydrogen) atoms. The highest BCUT2D eigenvalue weighted by Crippen LogP contribution is 2.44. The van der Waals surface area contributed by atoms with Gasteiger partial charge in [0.1, 0.15) is 5.82 Å². The number of carboxylic acid groups (broad SMARTS) is 1. The maximum absolute atomic E-state index is 13.7. The summed E-state index contributed by atoms with van der Waals surface area (Å²) in [5, 5.41) is 9.37. The van der Waals surface area contributed by atoms with Crippen LogP contribution in [0.15, 0.2) is 30.3 Å². The summed E-state index contributed by atoms with van der Waals surface area (Å²) in [4.78, 5) is 35.5. The highest BCUT2D eigenvalue weighted by molar-refractivity contribution is 6.74. The van der Waals surface area contributed by atoms with E-state index in [0.717, 1.165) is 22.5 Å².